The monoisotopic (exact) mass is 280 g/mol. The van der Waals surface area contributed by atoms with Crippen molar-refractivity contribution >= 4 is 17.7 Å². The quantitative estimate of drug-likeness (QED) is 0.772. The molecule has 0 atom stereocenters. The third kappa shape index (κ3) is 3.69. The van der Waals surface area contributed by atoms with Gasteiger partial charge in [0.2, 0.25) is 0 Å². The van der Waals surface area contributed by atoms with Gasteiger partial charge >= 0.3 is 5.97 Å². The fourth-order valence-electron chi connectivity index (χ4n) is 1.67. The molecule has 20 heavy (non-hydrogen) atoms. The number of aromatic nitrogens is 1. The standard InChI is InChI=1S/C14H20N2O4/c1-9(17)10-7-11(16(4)8-10)12(18)15-6-5-14(2,3)13(19)20/h7-8H,5-6H2,1-4H3,(H,15,18)(H,19,20). The number of carbonyl (C=O) groups excluding carboxylic acids is 2. The SMILES string of the molecule is CC(=O)c1cc(C(=O)NCCC(C)(C)C(=O)O)n(C)c1. The molecule has 0 spiro atoms. The van der Waals surface area contributed by atoms with E-state index in [0.29, 0.717) is 17.7 Å². The van der Waals surface area contributed by atoms with Crippen molar-refractivity contribution in [3.8, 4) is 0 Å². The number of carboxylic acid groups (broad SMARTS) is 1. The van der Waals surface area contributed by atoms with Crippen LogP contribution in [0.15, 0.2) is 12.3 Å². The fraction of sp³-hybridized carbons (Fsp3) is 0.500. The molecule has 0 radical (unpaired) electrons. The summed E-state index contributed by atoms with van der Waals surface area (Å²) in [5.41, 5.74) is -0.0293. The highest BCUT2D eigenvalue weighted by atomic mass is 16.4. The summed E-state index contributed by atoms with van der Waals surface area (Å²) in [6.45, 7) is 4.92. The van der Waals surface area contributed by atoms with Gasteiger partial charge in [0.25, 0.3) is 5.91 Å². The molecule has 0 saturated carbocycles. The fourth-order valence-corrected chi connectivity index (χ4v) is 1.67. The predicted molar refractivity (Wildman–Crippen MR) is 73.8 cm³/mol. The first kappa shape index (κ1) is 15.9. The Kier molecular flexibility index (Phi) is 4.70. The number of amides is 1. The zero-order valence-corrected chi connectivity index (χ0v) is 12.2. The van der Waals surface area contributed by atoms with Crippen LogP contribution < -0.4 is 5.32 Å². The highest BCUT2D eigenvalue weighted by molar-refractivity contribution is 5.99. The van der Waals surface area contributed by atoms with Crippen molar-refractivity contribution in [1.29, 1.82) is 0 Å². The van der Waals surface area contributed by atoms with E-state index in [4.69, 9.17) is 5.11 Å². The Morgan fingerprint density at radius 1 is 1.35 bits per heavy atom. The molecule has 6 nitrogen and oxygen atoms in total. The van der Waals surface area contributed by atoms with Gasteiger partial charge < -0.3 is 15.0 Å². The molecule has 1 rings (SSSR count). The minimum absolute atomic E-state index is 0.105. The van der Waals surface area contributed by atoms with Crippen LogP contribution in [0.4, 0.5) is 0 Å². The number of hydrogen-bond donors (Lipinski definition) is 2. The molecule has 0 unspecified atom stereocenters. The Morgan fingerprint density at radius 2 is 1.95 bits per heavy atom. The summed E-state index contributed by atoms with van der Waals surface area (Å²) < 4.78 is 1.58. The highest BCUT2D eigenvalue weighted by Gasteiger charge is 2.26. The van der Waals surface area contributed by atoms with E-state index in [0.717, 1.165) is 0 Å². The number of ketones is 1. The van der Waals surface area contributed by atoms with Crippen LogP contribution in [-0.2, 0) is 11.8 Å². The lowest BCUT2D eigenvalue weighted by molar-refractivity contribution is -0.147. The minimum atomic E-state index is -0.899. The third-order valence-corrected chi connectivity index (χ3v) is 3.26. The van der Waals surface area contributed by atoms with Crippen LogP contribution in [-0.4, -0.2) is 33.9 Å². The molecule has 1 amide bonds. The van der Waals surface area contributed by atoms with E-state index in [1.807, 2.05) is 0 Å². The van der Waals surface area contributed by atoms with Gasteiger partial charge in [-0.15, -0.1) is 0 Å². The minimum Gasteiger partial charge on any atom is -0.481 e. The largest absolute Gasteiger partial charge is 0.481 e. The number of carbonyl (C=O) groups is 3. The smallest absolute Gasteiger partial charge is 0.309 e. The first-order chi connectivity index (χ1) is 9.15. The lowest BCUT2D eigenvalue weighted by Gasteiger charge is -2.18. The summed E-state index contributed by atoms with van der Waals surface area (Å²) in [5.74, 6) is -1.32. The Morgan fingerprint density at radius 3 is 2.40 bits per heavy atom. The van der Waals surface area contributed by atoms with Crippen LogP contribution in [0.1, 0.15) is 48.0 Å². The molecule has 1 aromatic rings. The van der Waals surface area contributed by atoms with E-state index >= 15 is 0 Å². The molecule has 0 aliphatic rings. The molecule has 2 N–H and O–H groups in total. The summed E-state index contributed by atoms with van der Waals surface area (Å²) >= 11 is 0. The van der Waals surface area contributed by atoms with Crippen molar-refractivity contribution in [3.05, 3.63) is 23.5 Å². The van der Waals surface area contributed by atoms with E-state index in [1.54, 1.807) is 31.7 Å². The van der Waals surface area contributed by atoms with Crippen molar-refractivity contribution < 1.29 is 19.5 Å². The molecule has 110 valence electrons. The van der Waals surface area contributed by atoms with Crippen molar-refractivity contribution in [2.24, 2.45) is 12.5 Å². The van der Waals surface area contributed by atoms with Crippen LogP contribution in [0.25, 0.3) is 0 Å². The summed E-state index contributed by atoms with van der Waals surface area (Å²) in [6.07, 6.45) is 1.93. The third-order valence-electron chi connectivity index (χ3n) is 3.26. The predicted octanol–water partition coefficient (Wildman–Crippen LogP) is 1.46. The first-order valence-corrected chi connectivity index (χ1v) is 6.34. The summed E-state index contributed by atoms with van der Waals surface area (Å²) in [5, 5.41) is 11.6. The lowest BCUT2D eigenvalue weighted by Crippen LogP contribution is -2.32. The van der Waals surface area contributed by atoms with Gasteiger partial charge in [-0.2, -0.15) is 0 Å². The molecular weight excluding hydrogens is 260 g/mol. The van der Waals surface area contributed by atoms with Gasteiger partial charge in [0.1, 0.15) is 5.69 Å². The van der Waals surface area contributed by atoms with Crippen LogP contribution in [0.5, 0.6) is 0 Å². The molecule has 0 fully saturated rings. The van der Waals surface area contributed by atoms with Gasteiger partial charge in [-0.25, -0.2) is 0 Å². The topological polar surface area (TPSA) is 88.4 Å². The maximum absolute atomic E-state index is 12.0. The van der Waals surface area contributed by atoms with Crippen LogP contribution >= 0.6 is 0 Å². The molecule has 1 heterocycles. The normalized spacial score (nSPS) is 11.2. The molecule has 0 bridgehead atoms. The highest BCUT2D eigenvalue weighted by Crippen LogP contribution is 2.19. The Hall–Kier alpha value is -2.11. The molecule has 6 heteroatoms. The number of rotatable bonds is 6. The van der Waals surface area contributed by atoms with E-state index in [1.165, 1.54) is 13.0 Å². The van der Waals surface area contributed by atoms with E-state index in [-0.39, 0.29) is 18.2 Å². The number of nitrogens with zero attached hydrogens (tertiary/aromatic N) is 1. The van der Waals surface area contributed by atoms with Crippen molar-refractivity contribution in [3.63, 3.8) is 0 Å². The summed E-state index contributed by atoms with van der Waals surface area (Å²) in [7, 11) is 1.68. The van der Waals surface area contributed by atoms with Crippen LogP contribution in [0, 0.1) is 5.41 Å². The lowest BCUT2D eigenvalue weighted by atomic mass is 9.90. The number of carboxylic acids is 1. The summed E-state index contributed by atoms with van der Waals surface area (Å²) in [4.78, 5) is 34.2. The van der Waals surface area contributed by atoms with E-state index in [9.17, 15) is 14.4 Å². The van der Waals surface area contributed by atoms with Crippen molar-refractivity contribution in [2.75, 3.05) is 6.54 Å². The number of Topliss-reactive ketones (excluding diaryl/α,β-unsaturated/α-hetero) is 1. The average molecular weight is 280 g/mol. The number of aliphatic carboxylic acids is 1. The van der Waals surface area contributed by atoms with Gasteiger partial charge in [-0.05, 0) is 33.3 Å². The zero-order chi connectivity index (χ0) is 15.5. The molecule has 1 aromatic heterocycles. The average Bonchev–Trinajstić information content (AvgIpc) is 2.71. The van der Waals surface area contributed by atoms with Gasteiger partial charge in [-0.1, -0.05) is 0 Å². The van der Waals surface area contributed by atoms with E-state index in [2.05, 4.69) is 5.32 Å². The van der Waals surface area contributed by atoms with Crippen molar-refractivity contribution in [2.45, 2.75) is 27.2 Å². The molecule has 0 aromatic carbocycles. The van der Waals surface area contributed by atoms with Crippen LogP contribution in [0.3, 0.4) is 0 Å². The number of hydrogen-bond acceptors (Lipinski definition) is 3. The first-order valence-electron chi connectivity index (χ1n) is 6.34. The molecule has 0 aliphatic carbocycles. The van der Waals surface area contributed by atoms with Crippen LogP contribution in [0.2, 0.25) is 0 Å². The van der Waals surface area contributed by atoms with Gasteiger partial charge in [0.05, 0.1) is 5.41 Å². The maximum atomic E-state index is 12.0. The maximum Gasteiger partial charge on any atom is 0.309 e. The second-order valence-corrected chi connectivity index (χ2v) is 5.48. The Labute approximate surface area is 117 Å². The zero-order valence-electron chi connectivity index (χ0n) is 12.2. The second-order valence-electron chi connectivity index (χ2n) is 5.48. The Balaban J connectivity index is 2.64. The van der Waals surface area contributed by atoms with Gasteiger partial charge in [0.15, 0.2) is 5.78 Å². The van der Waals surface area contributed by atoms with Gasteiger partial charge in [0, 0.05) is 25.4 Å². The van der Waals surface area contributed by atoms with E-state index < -0.39 is 11.4 Å². The second kappa shape index (κ2) is 5.90. The number of nitrogens with one attached hydrogen (secondary N) is 1. The molecule has 0 aliphatic heterocycles. The Bertz CT molecular complexity index is 543. The molecular formula is C14H20N2O4. The van der Waals surface area contributed by atoms with Crippen molar-refractivity contribution in [1.82, 2.24) is 9.88 Å². The molecule has 0 saturated heterocycles. The number of aryl methyl sites for hydroxylation is 1. The summed E-state index contributed by atoms with van der Waals surface area (Å²) in [6, 6.07) is 1.53. The van der Waals surface area contributed by atoms with Gasteiger partial charge in [-0.3, -0.25) is 14.4 Å².